The molecular weight excluding hydrogens is 202 g/mol. The van der Waals surface area contributed by atoms with E-state index in [0.717, 1.165) is 38.5 Å². The van der Waals surface area contributed by atoms with Gasteiger partial charge < -0.3 is 15.2 Å². The highest BCUT2D eigenvalue weighted by Crippen LogP contribution is 2.18. The third kappa shape index (κ3) is 2.43. The number of nitrogen functional groups attached to an aromatic ring is 1. The number of anilines is 2. The van der Waals surface area contributed by atoms with Gasteiger partial charge in [0.15, 0.2) is 0 Å². The normalized spacial score (nSPS) is 17.5. The van der Waals surface area contributed by atoms with E-state index in [1.165, 1.54) is 5.69 Å². The van der Waals surface area contributed by atoms with Crippen molar-refractivity contribution in [3.8, 4) is 0 Å². The number of rotatable bonds is 3. The number of hydrogen-bond donors (Lipinski definition) is 2. The molecule has 5 nitrogen and oxygen atoms in total. The van der Waals surface area contributed by atoms with E-state index in [4.69, 9.17) is 5.84 Å². The highest BCUT2D eigenvalue weighted by atomic mass is 15.3. The second-order valence-corrected chi connectivity index (χ2v) is 3.96. The fourth-order valence-electron chi connectivity index (χ4n) is 2.02. The molecule has 0 saturated carbocycles. The fraction of sp³-hybridized carbons (Fsp3) is 0.545. The van der Waals surface area contributed by atoms with Crippen LogP contribution in [0.15, 0.2) is 18.3 Å². The summed E-state index contributed by atoms with van der Waals surface area (Å²) in [5.74, 6) is 6.07. The molecule has 0 aromatic carbocycles. The molecule has 0 bridgehead atoms. The van der Waals surface area contributed by atoms with Crippen LogP contribution in [0.2, 0.25) is 0 Å². The lowest BCUT2D eigenvalue weighted by Gasteiger charge is -2.35. The third-order valence-corrected chi connectivity index (χ3v) is 3.08. The van der Waals surface area contributed by atoms with Crippen LogP contribution in [0, 0.1) is 0 Å². The summed E-state index contributed by atoms with van der Waals surface area (Å²) in [6, 6.07) is 4.02. The van der Waals surface area contributed by atoms with Gasteiger partial charge in [0, 0.05) is 44.1 Å². The van der Waals surface area contributed by atoms with Crippen LogP contribution in [0.25, 0.3) is 0 Å². The fourth-order valence-corrected chi connectivity index (χ4v) is 2.02. The smallest absolute Gasteiger partial charge is 0.141 e. The highest BCUT2D eigenvalue weighted by Gasteiger charge is 2.15. The molecule has 1 saturated heterocycles. The van der Waals surface area contributed by atoms with Gasteiger partial charge in [0.05, 0.1) is 0 Å². The largest absolute Gasteiger partial charge is 0.369 e. The van der Waals surface area contributed by atoms with Crippen molar-refractivity contribution >= 4 is 11.5 Å². The zero-order valence-corrected chi connectivity index (χ0v) is 9.69. The molecule has 0 amide bonds. The Kier molecular flexibility index (Phi) is 3.58. The quantitative estimate of drug-likeness (QED) is 0.575. The van der Waals surface area contributed by atoms with Gasteiger partial charge in [-0.05, 0) is 12.6 Å². The van der Waals surface area contributed by atoms with Gasteiger partial charge >= 0.3 is 0 Å². The van der Waals surface area contributed by atoms with E-state index in [1.807, 2.05) is 12.1 Å². The lowest BCUT2D eigenvalue weighted by Crippen LogP contribution is -2.46. The number of hydrogen-bond acceptors (Lipinski definition) is 5. The lowest BCUT2D eigenvalue weighted by molar-refractivity contribution is 0.271. The monoisotopic (exact) mass is 221 g/mol. The van der Waals surface area contributed by atoms with Crippen LogP contribution in [-0.2, 0) is 0 Å². The Bertz CT molecular complexity index is 333. The van der Waals surface area contributed by atoms with Crippen molar-refractivity contribution < 1.29 is 0 Å². The summed E-state index contributed by atoms with van der Waals surface area (Å²) < 4.78 is 0. The predicted octanol–water partition coefficient (Wildman–Crippen LogP) is 0.509. The molecule has 1 aliphatic heterocycles. The summed E-state index contributed by atoms with van der Waals surface area (Å²) in [4.78, 5) is 8.94. The first kappa shape index (κ1) is 11.2. The van der Waals surface area contributed by atoms with E-state index in [0.29, 0.717) is 0 Å². The topological polar surface area (TPSA) is 57.4 Å². The van der Waals surface area contributed by atoms with Crippen molar-refractivity contribution in [2.24, 2.45) is 5.84 Å². The summed E-state index contributed by atoms with van der Waals surface area (Å²) in [6.45, 7) is 7.75. The molecular formula is C11H19N5. The second-order valence-electron chi connectivity index (χ2n) is 3.96. The van der Waals surface area contributed by atoms with Gasteiger partial charge in [-0.15, -0.1) is 0 Å². The van der Waals surface area contributed by atoms with Crippen molar-refractivity contribution in [1.82, 2.24) is 9.88 Å². The van der Waals surface area contributed by atoms with E-state index in [2.05, 4.69) is 27.1 Å². The van der Waals surface area contributed by atoms with Crippen LogP contribution >= 0.6 is 0 Å². The van der Waals surface area contributed by atoms with Crippen molar-refractivity contribution in [1.29, 1.82) is 0 Å². The Labute approximate surface area is 96.2 Å². The molecule has 0 radical (unpaired) electrons. The van der Waals surface area contributed by atoms with Gasteiger partial charge in [0.25, 0.3) is 0 Å². The molecule has 1 fully saturated rings. The van der Waals surface area contributed by atoms with Crippen molar-refractivity contribution in [2.75, 3.05) is 43.0 Å². The van der Waals surface area contributed by atoms with Crippen molar-refractivity contribution in [3.63, 3.8) is 0 Å². The van der Waals surface area contributed by atoms with Gasteiger partial charge in [-0.25, -0.2) is 10.8 Å². The molecule has 0 aliphatic carbocycles. The first-order valence-electron chi connectivity index (χ1n) is 5.73. The Morgan fingerprint density at radius 3 is 2.75 bits per heavy atom. The number of pyridine rings is 1. The van der Waals surface area contributed by atoms with Gasteiger partial charge in [0.1, 0.15) is 5.82 Å². The van der Waals surface area contributed by atoms with Crippen LogP contribution in [-0.4, -0.2) is 42.6 Å². The molecule has 5 heteroatoms. The number of nitrogens with zero attached hydrogens (tertiary/aromatic N) is 3. The maximum Gasteiger partial charge on any atom is 0.141 e. The molecule has 0 spiro atoms. The number of hydrazine groups is 1. The van der Waals surface area contributed by atoms with Crippen molar-refractivity contribution in [2.45, 2.75) is 6.92 Å². The number of nitrogens with one attached hydrogen (secondary N) is 1. The Balaban J connectivity index is 2.02. The second kappa shape index (κ2) is 5.14. The average Bonchev–Trinajstić information content (AvgIpc) is 2.39. The molecule has 16 heavy (non-hydrogen) atoms. The van der Waals surface area contributed by atoms with Gasteiger partial charge in [-0.2, -0.15) is 0 Å². The van der Waals surface area contributed by atoms with Crippen LogP contribution < -0.4 is 16.2 Å². The molecule has 0 atom stereocenters. The third-order valence-electron chi connectivity index (χ3n) is 3.08. The zero-order valence-electron chi connectivity index (χ0n) is 9.69. The molecule has 1 aliphatic rings. The highest BCUT2D eigenvalue weighted by molar-refractivity contribution is 5.53. The lowest BCUT2D eigenvalue weighted by atomic mass is 10.2. The molecule has 88 valence electrons. The van der Waals surface area contributed by atoms with Crippen LogP contribution in [0.3, 0.4) is 0 Å². The minimum Gasteiger partial charge on any atom is -0.369 e. The summed E-state index contributed by atoms with van der Waals surface area (Å²) >= 11 is 0. The van der Waals surface area contributed by atoms with Gasteiger partial charge in [-0.3, -0.25) is 0 Å². The zero-order chi connectivity index (χ0) is 11.4. The number of likely N-dealkylation sites (N-methyl/N-ethyl adjacent to an activating group) is 1. The number of aromatic nitrogens is 1. The minimum atomic E-state index is 0.718. The maximum atomic E-state index is 5.35. The molecule has 1 aromatic rings. The molecule has 0 unspecified atom stereocenters. The van der Waals surface area contributed by atoms with E-state index < -0.39 is 0 Å². The Morgan fingerprint density at radius 1 is 1.38 bits per heavy atom. The molecule has 3 N–H and O–H groups in total. The molecule has 2 heterocycles. The standard InChI is InChI=1S/C11H19N5/c1-2-15-5-7-16(8-6-15)10-3-4-13-11(9-10)14-12/h3-4,9H,2,5-8,12H2,1H3,(H,13,14). The molecule has 2 rings (SSSR count). The van der Waals surface area contributed by atoms with E-state index in [1.54, 1.807) is 6.20 Å². The summed E-state index contributed by atoms with van der Waals surface area (Å²) in [5, 5.41) is 0. The SMILES string of the molecule is CCN1CCN(c2ccnc(NN)c2)CC1. The number of piperazine rings is 1. The van der Waals surface area contributed by atoms with Crippen LogP contribution in [0.1, 0.15) is 6.92 Å². The van der Waals surface area contributed by atoms with E-state index in [-0.39, 0.29) is 0 Å². The molecule has 1 aromatic heterocycles. The Morgan fingerprint density at radius 2 is 2.12 bits per heavy atom. The average molecular weight is 221 g/mol. The van der Waals surface area contributed by atoms with Crippen LogP contribution in [0.5, 0.6) is 0 Å². The Hall–Kier alpha value is -1.33. The first-order chi connectivity index (χ1) is 7.83. The van der Waals surface area contributed by atoms with Crippen LogP contribution in [0.4, 0.5) is 11.5 Å². The minimum absolute atomic E-state index is 0.718. The predicted molar refractivity (Wildman–Crippen MR) is 66.4 cm³/mol. The van der Waals surface area contributed by atoms with E-state index >= 15 is 0 Å². The number of nitrogens with two attached hydrogens (primary N) is 1. The first-order valence-corrected chi connectivity index (χ1v) is 5.73. The van der Waals surface area contributed by atoms with Gasteiger partial charge in [0.2, 0.25) is 0 Å². The van der Waals surface area contributed by atoms with Gasteiger partial charge in [-0.1, -0.05) is 6.92 Å². The van der Waals surface area contributed by atoms with Crippen molar-refractivity contribution in [3.05, 3.63) is 18.3 Å². The maximum absolute atomic E-state index is 5.35. The van der Waals surface area contributed by atoms with E-state index in [9.17, 15) is 0 Å². The summed E-state index contributed by atoms with van der Waals surface area (Å²) in [5.41, 5.74) is 3.77. The summed E-state index contributed by atoms with van der Waals surface area (Å²) in [6.07, 6.45) is 1.79. The summed E-state index contributed by atoms with van der Waals surface area (Å²) in [7, 11) is 0.